The Morgan fingerprint density at radius 2 is 2.10 bits per heavy atom. The van der Waals surface area contributed by atoms with Gasteiger partial charge in [0, 0.05) is 46.1 Å². The molecule has 1 atom stereocenters. The molecule has 31 heavy (non-hydrogen) atoms. The number of rotatable bonds is 8. The minimum absolute atomic E-state index is 0. The summed E-state index contributed by atoms with van der Waals surface area (Å²) in [6.07, 6.45) is 0.561. The van der Waals surface area contributed by atoms with E-state index >= 15 is 4.39 Å². The van der Waals surface area contributed by atoms with Gasteiger partial charge in [0.1, 0.15) is 5.56 Å². The molecule has 2 heterocycles. The monoisotopic (exact) mass is 460 g/mol. The largest absolute Gasteiger partial charge is 0.493 e. The van der Waals surface area contributed by atoms with Crippen molar-refractivity contribution >= 4 is 19.5 Å². The summed E-state index contributed by atoms with van der Waals surface area (Å²) in [5, 5.41) is 9.45. The normalized spacial score (nSPS) is 21.0. The number of benzene rings is 1. The lowest BCUT2D eigenvalue weighted by molar-refractivity contribution is 0.0693. The van der Waals surface area contributed by atoms with Gasteiger partial charge in [-0.3, -0.25) is 4.79 Å². The number of nitrogens with zero attached hydrogens (tertiary/aromatic N) is 1. The highest BCUT2D eigenvalue weighted by Gasteiger charge is 2.32. The third kappa shape index (κ3) is 4.72. The number of carbonyl (C=O) groups is 1. The molecule has 1 aromatic carbocycles. The number of aromatic nitrogens is 1. The van der Waals surface area contributed by atoms with Crippen LogP contribution in [-0.4, -0.2) is 43.1 Å². The van der Waals surface area contributed by atoms with E-state index in [2.05, 4.69) is 0 Å². The first-order chi connectivity index (χ1) is 17.1. The number of ether oxygens (including phenoxy) is 3. The van der Waals surface area contributed by atoms with Crippen molar-refractivity contribution in [1.82, 2.24) is 4.57 Å². The van der Waals surface area contributed by atoms with Crippen LogP contribution in [0.3, 0.4) is 0 Å². The van der Waals surface area contributed by atoms with E-state index < -0.39 is 60.5 Å². The smallest absolute Gasteiger partial charge is 0.341 e. The lowest BCUT2D eigenvalue weighted by Crippen LogP contribution is -2.30. The van der Waals surface area contributed by atoms with Gasteiger partial charge in [0.15, 0.2) is 17.3 Å². The molecule has 3 rings (SSSR count). The minimum Gasteiger partial charge on any atom is -0.493 e. The average Bonchev–Trinajstić information content (AvgIpc) is 2.76. The summed E-state index contributed by atoms with van der Waals surface area (Å²) in [4.78, 5) is 24.2. The summed E-state index contributed by atoms with van der Waals surface area (Å²) in [6.45, 7) is -5.89. The summed E-state index contributed by atoms with van der Waals surface area (Å²) in [7, 11) is 2.83. The van der Waals surface area contributed by atoms with Gasteiger partial charge in [-0.15, -0.1) is 0 Å². The van der Waals surface area contributed by atoms with Gasteiger partial charge in [-0.1, -0.05) is 13.7 Å². The van der Waals surface area contributed by atoms with Crippen LogP contribution in [0.25, 0.3) is 11.3 Å². The van der Waals surface area contributed by atoms with Gasteiger partial charge in [-0.05, 0) is 30.0 Å². The van der Waals surface area contributed by atoms with E-state index in [4.69, 9.17) is 23.8 Å². The Kier molecular flexibility index (Phi) is 5.31. The molecule has 7 nitrogen and oxygen atoms in total. The molecule has 2 aromatic rings. The highest BCUT2D eigenvalue weighted by Crippen LogP contribution is 2.43. The van der Waals surface area contributed by atoms with Crippen LogP contribution in [0.5, 0.6) is 11.5 Å². The number of carboxylic acids is 1. The van der Waals surface area contributed by atoms with E-state index in [9.17, 15) is 14.7 Å². The maximum absolute atomic E-state index is 15.6. The molecular weight excluding hydrogens is 425 g/mol. The maximum atomic E-state index is 15.6. The van der Waals surface area contributed by atoms with Crippen molar-refractivity contribution in [3.63, 3.8) is 0 Å². The molecule has 1 N–H and O–H groups in total. The zero-order valence-corrected chi connectivity index (χ0v) is 18.0. The van der Waals surface area contributed by atoms with Crippen molar-refractivity contribution in [3.05, 3.63) is 45.5 Å². The van der Waals surface area contributed by atoms with E-state index in [0.29, 0.717) is 23.8 Å². The van der Waals surface area contributed by atoms with Gasteiger partial charge in [0.2, 0.25) is 5.43 Å². The van der Waals surface area contributed by atoms with Crippen molar-refractivity contribution in [2.45, 2.75) is 32.6 Å². The Morgan fingerprint density at radius 1 is 1.35 bits per heavy atom. The number of hydrogen-bond donors (Lipinski definition) is 1. The Balaban J connectivity index is 0.00000507. The summed E-state index contributed by atoms with van der Waals surface area (Å²) in [5.74, 6) is -5.47. The molecule has 1 aromatic heterocycles. The summed E-state index contributed by atoms with van der Waals surface area (Å²) >= 11 is 0. The molecule has 0 saturated heterocycles. The number of hydrogen-bond acceptors (Lipinski definition) is 5. The molecule has 0 radical (unpaired) electrons. The Hall–Kier alpha value is -2.52. The van der Waals surface area contributed by atoms with Crippen molar-refractivity contribution in [2.75, 3.05) is 27.4 Å². The fourth-order valence-electron chi connectivity index (χ4n) is 3.36. The average molecular weight is 461 g/mol. The third-order valence-corrected chi connectivity index (χ3v) is 4.79. The van der Waals surface area contributed by atoms with E-state index in [-0.39, 0.29) is 42.7 Å². The van der Waals surface area contributed by atoms with E-state index in [1.807, 2.05) is 0 Å². The molecule has 0 bridgehead atoms. The zero-order valence-electron chi connectivity index (χ0n) is 24.0. The number of aromatic carboxylic acids is 1. The lowest BCUT2D eigenvalue weighted by Gasteiger charge is -2.34. The van der Waals surface area contributed by atoms with Crippen LogP contribution >= 0.6 is 13.5 Å². The second kappa shape index (κ2) is 10.2. The fraction of sp³-hybridized carbons (Fsp3) is 0.455. The van der Waals surface area contributed by atoms with Crippen LogP contribution in [-0.2, 0) is 11.2 Å². The summed E-state index contributed by atoms with van der Waals surface area (Å²) in [6, 6.07) is 0.0490. The van der Waals surface area contributed by atoms with Crippen LogP contribution < -0.4 is 14.9 Å². The molecule has 0 fully saturated rings. The van der Waals surface area contributed by atoms with Crippen molar-refractivity contribution in [1.29, 1.82) is 0 Å². The minimum atomic E-state index is -3.24. The number of halogens is 1. The summed E-state index contributed by atoms with van der Waals surface area (Å²) in [5.41, 5.74) is -3.05. The molecule has 170 valence electrons. The first kappa shape index (κ1) is 16.2. The zero-order chi connectivity index (χ0) is 27.9. The molecular formula is C22H28FNO6S. The van der Waals surface area contributed by atoms with E-state index in [0.717, 1.165) is 0 Å². The van der Waals surface area contributed by atoms with Crippen molar-refractivity contribution in [2.24, 2.45) is 5.92 Å². The van der Waals surface area contributed by atoms with Gasteiger partial charge in [0.05, 0.1) is 20.8 Å². The Labute approximate surface area is 197 Å². The van der Waals surface area contributed by atoms with Crippen molar-refractivity contribution in [3.8, 4) is 22.8 Å². The first-order valence-corrected chi connectivity index (χ1v) is 9.09. The topological polar surface area (TPSA) is 87.0 Å². The molecule has 0 unspecified atom stereocenters. The van der Waals surface area contributed by atoms with Gasteiger partial charge < -0.3 is 23.9 Å². The van der Waals surface area contributed by atoms with Crippen LogP contribution in [0.2, 0.25) is 0 Å². The SMILES string of the molecule is S.[2H]C([2H])([2H])C(C([2H])([2H])[2H])[C@]1([2H])Cc2cc(OCCCOC)c(OC)cc2-c2c(F)c(=O)c(C(=O)O)cn21. The Bertz CT molecular complexity index is 1250. The van der Waals surface area contributed by atoms with Crippen LogP contribution in [0.4, 0.5) is 4.39 Å². The molecule has 0 amide bonds. The number of carboxylic acid groups (broad SMARTS) is 1. The third-order valence-electron chi connectivity index (χ3n) is 4.79. The molecule has 0 aliphatic carbocycles. The maximum Gasteiger partial charge on any atom is 0.341 e. The molecule has 0 saturated carbocycles. The molecule has 1 aliphatic rings. The van der Waals surface area contributed by atoms with E-state index in [1.165, 1.54) is 26.4 Å². The predicted octanol–water partition coefficient (Wildman–Crippen LogP) is 3.64. The summed E-state index contributed by atoms with van der Waals surface area (Å²) < 4.78 is 88.9. The van der Waals surface area contributed by atoms with Gasteiger partial charge in [0.25, 0.3) is 0 Å². The van der Waals surface area contributed by atoms with Crippen LogP contribution in [0.1, 0.15) is 51.7 Å². The molecule has 9 heteroatoms. The molecule has 0 spiro atoms. The second-order valence-electron chi connectivity index (χ2n) is 6.67. The highest BCUT2D eigenvalue weighted by molar-refractivity contribution is 7.59. The van der Waals surface area contributed by atoms with Crippen molar-refractivity contribution < 1.29 is 38.1 Å². The Morgan fingerprint density at radius 3 is 2.71 bits per heavy atom. The van der Waals surface area contributed by atoms with E-state index in [1.54, 1.807) is 0 Å². The number of pyridine rings is 1. The van der Waals surface area contributed by atoms with Gasteiger partial charge >= 0.3 is 5.97 Å². The van der Waals surface area contributed by atoms with Crippen LogP contribution in [0.15, 0.2) is 23.1 Å². The predicted molar refractivity (Wildman–Crippen MR) is 120 cm³/mol. The quantitative estimate of drug-likeness (QED) is 0.605. The number of methoxy groups -OCH3 is 2. The second-order valence-corrected chi connectivity index (χ2v) is 6.67. The van der Waals surface area contributed by atoms with Gasteiger partial charge in [-0.2, -0.15) is 13.5 Å². The standard InChI is InChI=1S/C22H26FNO6.H2S/c1-12(2)16-8-13-9-18(30-7-5-6-28-3)17(29-4)10-14(13)20-19(23)21(25)15(22(26)27)11-24(16)20;/h9-12,16H,5-8H2,1-4H3,(H,26,27);1H2/t16-;/m0./s1/i1D3,2D3,16D;. The highest BCUT2D eigenvalue weighted by atomic mass is 32.1. The lowest BCUT2D eigenvalue weighted by atomic mass is 9.87. The fourth-order valence-corrected chi connectivity index (χ4v) is 3.36. The molecule has 1 aliphatic heterocycles. The number of fused-ring (bicyclic) bond motifs is 3. The van der Waals surface area contributed by atoms with Crippen LogP contribution in [0, 0.1) is 11.7 Å². The first-order valence-electron chi connectivity index (χ1n) is 12.6. The van der Waals surface area contributed by atoms with Gasteiger partial charge in [-0.25, -0.2) is 9.18 Å².